The average Bonchev–Trinajstić information content (AvgIpc) is 3.83. The Morgan fingerprint density at radius 3 is 2.52 bits per heavy atom. The molecule has 0 spiro atoms. The third-order valence-corrected chi connectivity index (χ3v) is 11.7. The molecule has 4 aromatic carbocycles. The van der Waals surface area contributed by atoms with Gasteiger partial charge in [0.15, 0.2) is 0 Å². The smallest absolute Gasteiger partial charge is 0.354 e. The quantitative estimate of drug-likeness (QED) is 0.160. The van der Waals surface area contributed by atoms with E-state index in [2.05, 4.69) is 12.1 Å². The molecule has 0 saturated carbocycles. The number of aromatic nitrogens is 5. The van der Waals surface area contributed by atoms with Crippen LogP contribution in [0.2, 0.25) is 5.02 Å². The van der Waals surface area contributed by atoms with Gasteiger partial charge >= 0.3 is 5.97 Å². The van der Waals surface area contributed by atoms with E-state index in [0.29, 0.717) is 61.9 Å². The van der Waals surface area contributed by atoms with Crippen molar-refractivity contribution in [2.24, 2.45) is 14.1 Å². The predicted molar refractivity (Wildman–Crippen MR) is 223 cm³/mol. The average molecular weight is 804 g/mol. The Morgan fingerprint density at radius 2 is 1.74 bits per heavy atom. The normalized spacial score (nSPS) is 14.9. The molecule has 1 unspecified atom stereocenters. The van der Waals surface area contributed by atoms with Crippen molar-refractivity contribution in [3.63, 3.8) is 0 Å². The number of carbonyl (C=O) groups excluding carboxylic acids is 1. The molecule has 0 N–H and O–H groups in total. The van der Waals surface area contributed by atoms with Crippen LogP contribution >= 0.6 is 11.6 Å². The minimum atomic E-state index is -0.445. The van der Waals surface area contributed by atoms with Crippen molar-refractivity contribution >= 4 is 39.2 Å². The van der Waals surface area contributed by atoms with Crippen molar-refractivity contribution < 1.29 is 28.1 Å². The standard InChI is InChI=1S/C46H47ClFN5O5/c1-27-41-38-18-17-37(47)43(41)42-28(2)51(3)50-44(42)39(58-26-29-9-14-35(55-5)15-10-29)19-12-33-25-34(52(4)49-33)13-8-30-22-31-24-32(48)11-16-36(31)40(23-30)57-21-7-20-53(38)45(27)46(54)56-6/h9-11,14-18,22-25,39H,7-8,12-13,19-21,26H2,1-6H3. The highest BCUT2D eigenvalue weighted by atomic mass is 35.5. The largest absolute Gasteiger partial charge is 0.497 e. The lowest BCUT2D eigenvalue weighted by Crippen LogP contribution is -2.13. The van der Waals surface area contributed by atoms with Crippen molar-refractivity contribution in [2.75, 3.05) is 20.8 Å². The van der Waals surface area contributed by atoms with Crippen molar-refractivity contribution in [1.29, 1.82) is 0 Å². The number of rotatable bonds is 5. The number of esters is 1. The maximum absolute atomic E-state index is 14.5. The molecule has 4 heterocycles. The number of ether oxygens (including phenoxy) is 4. The first-order valence-corrected chi connectivity index (χ1v) is 20.0. The van der Waals surface area contributed by atoms with Gasteiger partial charge in [-0.15, -0.1) is 0 Å². The minimum absolute atomic E-state index is 0.298. The van der Waals surface area contributed by atoms with Crippen LogP contribution < -0.4 is 9.47 Å². The molecule has 0 radical (unpaired) electrons. The molecule has 10 nitrogen and oxygen atoms in total. The van der Waals surface area contributed by atoms with Crippen LogP contribution in [0.15, 0.2) is 72.8 Å². The fraction of sp³-hybridized carbons (Fsp3) is 0.326. The van der Waals surface area contributed by atoms with Gasteiger partial charge in [-0.2, -0.15) is 10.2 Å². The second-order valence-corrected chi connectivity index (χ2v) is 15.4. The highest BCUT2D eigenvalue weighted by molar-refractivity contribution is 6.35. The van der Waals surface area contributed by atoms with Crippen LogP contribution in [0.4, 0.5) is 4.39 Å². The molecular formula is C46H47ClFN5O5. The van der Waals surface area contributed by atoms with E-state index in [9.17, 15) is 9.18 Å². The lowest BCUT2D eigenvalue weighted by Gasteiger charge is -2.19. The number of fused-ring (bicyclic) bond motifs is 8. The first-order valence-electron chi connectivity index (χ1n) is 19.6. The Labute approximate surface area is 342 Å². The van der Waals surface area contributed by atoms with Gasteiger partial charge in [-0.05, 0) is 123 Å². The molecule has 300 valence electrons. The lowest BCUT2D eigenvalue weighted by molar-refractivity contribution is 0.0311. The van der Waals surface area contributed by atoms with Crippen LogP contribution in [-0.4, -0.2) is 50.9 Å². The zero-order valence-electron chi connectivity index (χ0n) is 33.7. The topological polar surface area (TPSA) is 94.6 Å². The minimum Gasteiger partial charge on any atom is -0.497 e. The van der Waals surface area contributed by atoms with Crippen LogP contribution in [0.5, 0.6) is 11.5 Å². The van der Waals surface area contributed by atoms with Gasteiger partial charge in [0, 0.05) is 64.5 Å². The predicted octanol–water partition coefficient (Wildman–Crippen LogP) is 9.59. The van der Waals surface area contributed by atoms with E-state index >= 15 is 0 Å². The number of halogens is 2. The number of hydrogen-bond acceptors (Lipinski definition) is 7. The molecule has 1 aliphatic heterocycles. The highest BCUT2D eigenvalue weighted by Crippen LogP contribution is 2.45. The molecule has 1 aliphatic rings. The fourth-order valence-electron chi connectivity index (χ4n) is 8.35. The lowest BCUT2D eigenvalue weighted by atomic mass is 9.94. The second-order valence-electron chi connectivity index (χ2n) is 15.0. The number of benzene rings is 4. The van der Waals surface area contributed by atoms with Gasteiger partial charge in [0.25, 0.3) is 0 Å². The van der Waals surface area contributed by atoms with Gasteiger partial charge in [0.2, 0.25) is 0 Å². The highest BCUT2D eigenvalue weighted by Gasteiger charge is 2.30. The molecule has 1 atom stereocenters. The van der Waals surface area contributed by atoms with Crippen LogP contribution in [0.1, 0.15) is 68.9 Å². The Morgan fingerprint density at radius 1 is 0.931 bits per heavy atom. The van der Waals surface area contributed by atoms with E-state index in [-0.39, 0.29) is 5.82 Å². The number of carbonyl (C=O) groups is 1. The van der Waals surface area contributed by atoms with E-state index < -0.39 is 12.1 Å². The maximum Gasteiger partial charge on any atom is 0.354 e. The molecule has 8 rings (SSSR count). The molecule has 0 saturated heterocycles. The summed E-state index contributed by atoms with van der Waals surface area (Å²) in [7, 11) is 6.95. The summed E-state index contributed by atoms with van der Waals surface area (Å²) >= 11 is 7.24. The van der Waals surface area contributed by atoms with Crippen molar-refractivity contribution in [1.82, 2.24) is 24.1 Å². The Bertz CT molecular complexity index is 2660. The molecule has 3 aromatic heterocycles. The van der Waals surface area contributed by atoms with E-state index in [0.717, 1.165) is 84.4 Å². The molecule has 0 fully saturated rings. The van der Waals surface area contributed by atoms with Gasteiger partial charge < -0.3 is 23.5 Å². The second kappa shape index (κ2) is 16.3. The fourth-order valence-corrected chi connectivity index (χ4v) is 8.60. The van der Waals surface area contributed by atoms with E-state index in [4.69, 9.17) is 40.7 Å². The third-order valence-electron chi connectivity index (χ3n) is 11.4. The van der Waals surface area contributed by atoms with Gasteiger partial charge in [-0.1, -0.05) is 29.8 Å². The van der Waals surface area contributed by atoms with Gasteiger partial charge in [-0.3, -0.25) is 9.36 Å². The Hall–Kier alpha value is -5.65. The van der Waals surface area contributed by atoms with E-state index in [1.165, 1.54) is 13.2 Å². The number of aryl methyl sites for hydroxylation is 7. The summed E-state index contributed by atoms with van der Waals surface area (Å²) in [5.74, 6) is 0.729. The first-order chi connectivity index (χ1) is 28.0. The summed E-state index contributed by atoms with van der Waals surface area (Å²) in [6.07, 6.45) is 2.80. The van der Waals surface area contributed by atoms with E-state index in [1.807, 2.05) is 84.3 Å². The zero-order chi connectivity index (χ0) is 40.7. The summed E-state index contributed by atoms with van der Waals surface area (Å²) in [6, 6.07) is 22.7. The molecular weight excluding hydrogens is 757 g/mol. The number of methoxy groups -OCH3 is 2. The summed E-state index contributed by atoms with van der Waals surface area (Å²) in [5, 5.41) is 13.1. The molecule has 0 aliphatic carbocycles. The van der Waals surface area contributed by atoms with Gasteiger partial charge in [-0.25, -0.2) is 9.18 Å². The Kier molecular flexibility index (Phi) is 11.0. The van der Waals surface area contributed by atoms with E-state index in [1.54, 1.807) is 19.2 Å². The molecule has 8 bridgehead atoms. The molecule has 58 heavy (non-hydrogen) atoms. The summed E-state index contributed by atoms with van der Waals surface area (Å²) < 4.78 is 44.4. The molecule has 0 amide bonds. The van der Waals surface area contributed by atoms with Gasteiger partial charge in [0.1, 0.15) is 29.1 Å². The Balaban J connectivity index is 1.28. The van der Waals surface area contributed by atoms with Gasteiger partial charge in [0.05, 0.1) is 38.8 Å². The maximum atomic E-state index is 14.5. The van der Waals surface area contributed by atoms with Crippen LogP contribution in [-0.2, 0) is 56.0 Å². The first kappa shape index (κ1) is 39.2. The summed E-state index contributed by atoms with van der Waals surface area (Å²) in [5.41, 5.74) is 9.45. The van der Waals surface area contributed by atoms with Crippen LogP contribution in [0, 0.1) is 19.7 Å². The monoisotopic (exact) mass is 803 g/mol. The zero-order valence-corrected chi connectivity index (χ0v) is 34.5. The van der Waals surface area contributed by atoms with Crippen molar-refractivity contribution in [3.8, 4) is 22.6 Å². The van der Waals surface area contributed by atoms with Crippen molar-refractivity contribution in [3.05, 3.63) is 129 Å². The van der Waals surface area contributed by atoms with Crippen molar-refractivity contribution in [2.45, 2.75) is 65.2 Å². The van der Waals surface area contributed by atoms with Crippen LogP contribution in [0.3, 0.4) is 0 Å². The SMILES string of the molecule is COC(=O)c1c(C)c2c3c(Cl)ccc2n1CCCOc1cc(cc2cc(F)ccc12)CCc1cc(nn1C)CCC(OCc1ccc(OC)cc1)c1nn(C)c(C)c1-3. The molecule has 12 heteroatoms. The summed E-state index contributed by atoms with van der Waals surface area (Å²) in [6.45, 7) is 5.15. The number of hydrogen-bond donors (Lipinski definition) is 0. The number of nitrogens with zero attached hydrogens (tertiary/aromatic N) is 5. The third kappa shape index (κ3) is 7.44. The van der Waals surface area contributed by atoms with Crippen LogP contribution in [0.25, 0.3) is 32.8 Å². The summed E-state index contributed by atoms with van der Waals surface area (Å²) in [4.78, 5) is 13.6. The molecule has 7 aromatic rings.